The molecule has 0 amide bonds. The van der Waals surface area contributed by atoms with Gasteiger partial charge in [-0.25, -0.2) is 0 Å². The predicted molar refractivity (Wildman–Crippen MR) is 119 cm³/mol. The second-order valence-electron chi connectivity index (χ2n) is 8.52. The van der Waals surface area contributed by atoms with Crippen LogP contribution in [0, 0.1) is 0 Å². The summed E-state index contributed by atoms with van der Waals surface area (Å²) in [5.41, 5.74) is 0.253. The molecule has 0 spiro atoms. The number of rotatable bonds is 11. The third-order valence-corrected chi connectivity index (χ3v) is 11.9. The molecule has 0 aromatic carbocycles. The highest BCUT2D eigenvalue weighted by Crippen LogP contribution is 2.44. The predicted octanol–water partition coefficient (Wildman–Crippen LogP) is 1.71. The van der Waals surface area contributed by atoms with Crippen molar-refractivity contribution < 1.29 is 22.8 Å². The summed E-state index contributed by atoms with van der Waals surface area (Å²) >= 11 is 0. The lowest BCUT2D eigenvalue weighted by atomic mass is 9.97. The van der Waals surface area contributed by atoms with E-state index < -0.39 is 8.80 Å². The summed E-state index contributed by atoms with van der Waals surface area (Å²) in [7, 11) is -0.728. The maximum absolute atomic E-state index is 6.36. The fourth-order valence-electron chi connectivity index (χ4n) is 4.75. The van der Waals surface area contributed by atoms with Crippen LogP contribution in [0.4, 0.5) is 0 Å². The highest BCUT2D eigenvalue weighted by Gasteiger charge is 2.54. The van der Waals surface area contributed by atoms with Gasteiger partial charge >= 0.3 is 8.80 Å². The molecule has 0 bridgehead atoms. The molecule has 2 heterocycles. The van der Waals surface area contributed by atoms with Gasteiger partial charge in [0.05, 0.1) is 0 Å². The van der Waals surface area contributed by atoms with E-state index in [2.05, 4.69) is 20.8 Å². The minimum absolute atomic E-state index is 0.0268. The van der Waals surface area contributed by atoms with Crippen LogP contribution < -0.4 is 0 Å². The molecule has 0 radical (unpaired) electrons. The summed E-state index contributed by atoms with van der Waals surface area (Å²) in [6, 6.07) is 0. The fraction of sp³-hybridized carbons (Fsp3) is 1.00. The van der Waals surface area contributed by atoms with Gasteiger partial charge in [0.1, 0.15) is 0 Å². The highest BCUT2D eigenvalue weighted by molar-refractivity contribution is 6.62. The van der Waals surface area contributed by atoms with Crippen LogP contribution in [0.1, 0.15) is 72.1 Å². The Balaban J connectivity index is 2.29. The Labute approximate surface area is 173 Å². The average molecular weight is 435 g/mol. The monoisotopic (exact) mass is 434 g/mol. The molecule has 0 aromatic heterocycles. The van der Waals surface area contributed by atoms with Crippen molar-refractivity contribution in [3.05, 3.63) is 0 Å². The van der Waals surface area contributed by atoms with Gasteiger partial charge in [0.25, 0.3) is 0 Å². The maximum atomic E-state index is 6.36. The number of hydrogen-bond acceptors (Lipinski definition) is 5. The maximum Gasteiger partial charge on any atom is 0.504 e. The summed E-state index contributed by atoms with van der Waals surface area (Å²) in [6.45, 7) is 9.84. The first kappa shape index (κ1) is 23.7. The lowest BCUT2D eigenvalue weighted by molar-refractivity contribution is -0.0524. The zero-order valence-corrected chi connectivity index (χ0v) is 23.3. The lowest BCUT2D eigenvalue weighted by Crippen LogP contribution is -2.55. The molecule has 2 aliphatic rings. The van der Waals surface area contributed by atoms with Gasteiger partial charge in [0.2, 0.25) is 0 Å². The van der Waals surface area contributed by atoms with Crippen molar-refractivity contribution in [3.63, 3.8) is 0 Å². The van der Waals surface area contributed by atoms with E-state index in [1.54, 1.807) is 0 Å². The van der Waals surface area contributed by atoms with Crippen molar-refractivity contribution in [1.82, 2.24) is 0 Å². The topological polar surface area (TPSA) is 46.2 Å². The molecular formula is C19H42O5Si3. The molecule has 0 saturated carbocycles. The zero-order chi connectivity index (χ0) is 19.8. The molecule has 0 N–H and O–H groups in total. The Hall–Kier alpha value is 0.451. The molecule has 2 atom stereocenters. The highest BCUT2D eigenvalue weighted by atomic mass is 28.4. The summed E-state index contributed by atoms with van der Waals surface area (Å²) < 4.78 is 31.8. The van der Waals surface area contributed by atoms with Gasteiger partial charge in [-0.3, -0.25) is 0 Å². The van der Waals surface area contributed by atoms with Crippen LogP contribution in [-0.4, -0.2) is 72.8 Å². The fourth-order valence-corrected chi connectivity index (χ4v) is 11.2. The standard InChI is InChI=1S/C19H42O5Si3/c1-4-22-27(23-5-2,24-6-3)17(15-18(25)11-7-9-13-20-18)16-19(26)12-8-10-14-21-19/h17H,4-16H2,1-3,25-26H3. The van der Waals surface area contributed by atoms with Crippen LogP contribution in [0.25, 0.3) is 0 Å². The van der Waals surface area contributed by atoms with Crippen LogP contribution in [0.5, 0.6) is 0 Å². The molecule has 5 nitrogen and oxygen atoms in total. The smallest absolute Gasteiger partial charge is 0.380 e. The second kappa shape index (κ2) is 11.0. The van der Waals surface area contributed by atoms with Crippen LogP contribution >= 0.6 is 0 Å². The van der Waals surface area contributed by atoms with Crippen LogP contribution in [0.3, 0.4) is 0 Å². The molecule has 160 valence electrons. The summed E-state index contributed by atoms with van der Waals surface area (Å²) in [5.74, 6) is 0. The molecule has 2 rings (SSSR count). The van der Waals surface area contributed by atoms with E-state index in [1.165, 1.54) is 38.5 Å². The third-order valence-electron chi connectivity index (χ3n) is 5.99. The lowest BCUT2D eigenvalue weighted by Gasteiger charge is -2.45. The minimum Gasteiger partial charge on any atom is -0.380 e. The van der Waals surface area contributed by atoms with Crippen LogP contribution in [0.2, 0.25) is 5.54 Å². The van der Waals surface area contributed by atoms with Crippen LogP contribution in [0.15, 0.2) is 0 Å². The summed E-state index contributed by atoms with van der Waals surface area (Å²) in [4.78, 5) is 0. The Kier molecular flexibility index (Phi) is 9.67. The van der Waals surface area contributed by atoms with Crippen molar-refractivity contribution in [2.24, 2.45) is 0 Å². The molecule has 0 aromatic rings. The van der Waals surface area contributed by atoms with Crippen LogP contribution in [-0.2, 0) is 22.8 Å². The van der Waals surface area contributed by atoms with Crippen molar-refractivity contribution in [1.29, 1.82) is 0 Å². The van der Waals surface area contributed by atoms with E-state index >= 15 is 0 Å². The normalized spacial score (nSPS) is 31.2. The van der Waals surface area contributed by atoms with Gasteiger partial charge in [0.15, 0.2) is 0 Å². The molecular weight excluding hydrogens is 392 g/mol. The first-order valence-electron chi connectivity index (χ1n) is 11.1. The van der Waals surface area contributed by atoms with Gasteiger partial charge in [-0.1, -0.05) is 0 Å². The van der Waals surface area contributed by atoms with E-state index in [0.29, 0.717) is 19.8 Å². The Bertz CT molecular complexity index is 383. The first-order valence-corrected chi connectivity index (χ1v) is 14.9. The Morgan fingerprint density at radius 3 is 1.48 bits per heavy atom. The van der Waals surface area contributed by atoms with E-state index in [0.717, 1.165) is 46.5 Å². The van der Waals surface area contributed by atoms with Gasteiger partial charge in [-0.2, -0.15) is 0 Å². The van der Waals surface area contributed by atoms with E-state index in [-0.39, 0.29) is 16.0 Å². The number of hydrogen-bond donors (Lipinski definition) is 0. The first-order chi connectivity index (χ1) is 12.9. The van der Waals surface area contributed by atoms with Gasteiger partial charge < -0.3 is 22.8 Å². The summed E-state index contributed by atoms with van der Waals surface area (Å²) in [6.07, 6.45) is 9.24. The van der Waals surface area contributed by atoms with Gasteiger partial charge in [-0.15, -0.1) is 0 Å². The van der Waals surface area contributed by atoms with E-state index in [4.69, 9.17) is 22.8 Å². The quantitative estimate of drug-likeness (QED) is 0.463. The van der Waals surface area contributed by atoms with Crippen molar-refractivity contribution in [3.8, 4) is 0 Å². The molecule has 2 saturated heterocycles. The summed E-state index contributed by atoms with van der Waals surface area (Å²) in [5, 5.41) is 0.0537. The Morgan fingerprint density at radius 2 is 1.19 bits per heavy atom. The van der Waals surface area contributed by atoms with Crippen molar-refractivity contribution >= 4 is 29.3 Å². The molecule has 2 aliphatic heterocycles. The molecule has 8 heteroatoms. The number of ether oxygens (including phenoxy) is 2. The zero-order valence-electron chi connectivity index (χ0n) is 18.3. The van der Waals surface area contributed by atoms with Gasteiger partial charge in [0, 0.05) is 69.5 Å². The molecule has 2 unspecified atom stereocenters. The third kappa shape index (κ3) is 6.74. The van der Waals surface area contributed by atoms with E-state index in [1.807, 2.05) is 0 Å². The largest absolute Gasteiger partial charge is 0.504 e. The van der Waals surface area contributed by atoms with Crippen molar-refractivity contribution in [2.75, 3.05) is 33.0 Å². The molecule has 27 heavy (non-hydrogen) atoms. The van der Waals surface area contributed by atoms with E-state index in [9.17, 15) is 0 Å². The minimum atomic E-state index is -2.80. The van der Waals surface area contributed by atoms with Crippen molar-refractivity contribution in [2.45, 2.75) is 88.1 Å². The average Bonchev–Trinajstić information content (AvgIpc) is 2.62. The Morgan fingerprint density at radius 1 is 0.778 bits per heavy atom. The second-order valence-corrected chi connectivity index (χ2v) is 15.1. The molecule has 0 aliphatic carbocycles. The molecule has 2 fully saturated rings. The SMILES string of the molecule is CCO[Si](OCC)(OCC)C(CC1([SiH3])CCCCO1)CC1([SiH3])CCCCO1. The van der Waals surface area contributed by atoms with Gasteiger partial charge in [-0.05, 0) is 72.1 Å².